The first-order valence-electron chi connectivity index (χ1n) is 13.8. The van der Waals surface area contributed by atoms with Crippen molar-refractivity contribution < 1.29 is 4.74 Å². The molecule has 0 fully saturated rings. The van der Waals surface area contributed by atoms with Crippen molar-refractivity contribution in [3.63, 3.8) is 0 Å². The number of unbranched alkanes of at least 4 members (excludes halogenated alkanes) is 11. The standard InChI is InChI=1S/C32H46OS/c1-3-5-6-7-8-9-10-11-12-13-14-15-27-33-31-24-19-29(20-25-31)21-26-32(34)30-22-17-28(16-4-2)18-23-30/h17-26H,3-16,27H2,1-2H3. The van der Waals surface area contributed by atoms with E-state index in [1.807, 2.05) is 6.08 Å². The Balaban J connectivity index is 1.55. The molecule has 0 saturated heterocycles. The first-order chi connectivity index (χ1) is 16.7. The largest absolute Gasteiger partial charge is 0.494 e. The van der Waals surface area contributed by atoms with E-state index in [1.54, 1.807) is 0 Å². The number of hydrogen-bond donors (Lipinski definition) is 0. The lowest BCUT2D eigenvalue weighted by Crippen LogP contribution is -1.97. The second-order valence-electron chi connectivity index (χ2n) is 9.45. The second kappa shape index (κ2) is 18.4. The molecule has 1 nitrogen and oxygen atoms in total. The van der Waals surface area contributed by atoms with E-state index in [4.69, 9.17) is 17.0 Å². The summed E-state index contributed by atoms with van der Waals surface area (Å²) >= 11 is 5.58. The highest BCUT2D eigenvalue weighted by Crippen LogP contribution is 2.16. The number of benzene rings is 2. The van der Waals surface area contributed by atoms with E-state index in [9.17, 15) is 0 Å². The zero-order valence-electron chi connectivity index (χ0n) is 21.7. The molecule has 0 amide bonds. The van der Waals surface area contributed by atoms with Crippen molar-refractivity contribution in [2.45, 2.75) is 104 Å². The number of aryl methyl sites for hydroxylation is 1. The van der Waals surface area contributed by atoms with Gasteiger partial charge in [-0.15, -0.1) is 0 Å². The molecule has 0 aliphatic rings. The lowest BCUT2D eigenvalue weighted by atomic mass is 10.1. The normalized spacial score (nSPS) is 11.2. The molecule has 0 heterocycles. The van der Waals surface area contributed by atoms with Crippen LogP contribution in [0.25, 0.3) is 6.08 Å². The van der Waals surface area contributed by atoms with Crippen molar-refractivity contribution in [3.8, 4) is 5.75 Å². The summed E-state index contributed by atoms with van der Waals surface area (Å²) in [7, 11) is 0. The van der Waals surface area contributed by atoms with Crippen molar-refractivity contribution in [3.05, 3.63) is 71.3 Å². The molecule has 0 spiro atoms. The molecule has 0 aliphatic heterocycles. The smallest absolute Gasteiger partial charge is 0.119 e. The van der Waals surface area contributed by atoms with Gasteiger partial charge in [-0.25, -0.2) is 0 Å². The van der Waals surface area contributed by atoms with E-state index in [1.165, 1.54) is 82.6 Å². The summed E-state index contributed by atoms with van der Waals surface area (Å²) in [5.41, 5.74) is 3.62. The summed E-state index contributed by atoms with van der Waals surface area (Å²) in [5.74, 6) is 0.953. The van der Waals surface area contributed by atoms with Gasteiger partial charge in [-0.05, 0) is 47.7 Å². The van der Waals surface area contributed by atoms with Crippen LogP contribution in [0.3, 0.4) is 0 Å². The van der Waals surface area contributed by atoms with Gasteiger partial charge >= 0.3 is 0 Å². The van der Waals surface area contributed by atoms with Crippen molar-refractivity contribution >= 4 is 23.2 Å². The van der Waals surface area contributed by atoms with Gasteiger partial charge in [-0.3, -0.25) is 0 Å². The summed E-state index contributed by atoms with van der Waals surface area (Å²) in [6, 6.07) is 16.9. The molecule has 2 aromatic carbocycles. The number of allylic oxidation sites excluding steroid dienone is 1. The zero-order chi connectivity index (χ0) is 24.3. The fraction of sp³-hybridized carbons (Fsp3) is 0.531. The van der Waals surface area contributed by atoms with E-state index >= 15 is 0 Å². The highest BCUT2D eigenvalue weighted by Gasteiger charge is 1.99. The highest BCUT2D eigenvalue weighted by atomic mass is 32.1. The van der Waals surface area contributed by atoms with Gasteiger partial charge in [0.2, 0.25) is 0 Å². The van der Waals surface area contributed by atoms with Gasteiger partial charge in [0, 0.05) is 4.86 Å². The predicted octanol–water partition coefficient (Wildman–Crippen LogP) is 10.2. The van der Waals surface area contributed by atoms with E-state index in [0.717, 1.165) is 41.2 Å². The molecule has 186 valence electrons. The molecule has 0 atom stereocenters. The number of thiocarbonyl (C=S) groups is 1. The maximum Gasteiger partial charge on any atom is 0.119 e. The van der Waals surface area contributed by atoms with Gasteiger partial charge in [-0.1, -0.05) is 146 Å². The monoisotopic (exact) mass is 478 g/mol. The molecule has 0 unspecified atom stereocenters. The maximum atomic E-state index is 5.93. The molecule has 0 aliphatic carbocycles. The van der Waals surface area contributed by atoms with Crippen molar-refractivity contribution in [2.75, 3.05) is 6.61 Å². The van der Waals surface area contributed by atoms with Crippen LogP contribution in [0.1, 0.15) is 114 Å². The first kappa shape index (κ1) is 28.3. The van der Waals surface area contributed by atoms with Crippen LogP contribution in [-0.4, -0.2) is 11.5 Å². The molecule has 0 N–H and O–H groups in total. The topological polar surface area (TPSA) is 9.23 Å². The highest BCUT2D eigenvalue weighted by molar-refractivity contribution is 7.81. The Labute approximate surface area is 215 Å². The molecular weight excluding hydrogens is 432 g/mol. The van der Waals surface area contributed by atoms with Gasteiger partial charge in [0.05, 0.1) is 6.61 Å². The predicted molar refractivity (Wildman–Crippen MR) is 154 cm³/mol. The third-order valence-corrected chi connectivity index (χ3v) is 6.72. The lowest BCUT2D eigenvalue weighted by molar-refractivity contribution is 0.304. The van der Waals surface area contributed by atoms with Crippen LogP contribution >= 0.6 is 12.2 Å². The molecule has 34 heavy (non-hydrogen) atoms. The van der Waals surface area contributed by atoms with Crippen molar-refractivity contribution in [1.82, 2.24) is 0 Å². The van der Waals surface area contributed by atoms with Crippen LogP contribution in [0.2, 0.25) is 0 Å². The Kier molecular flexibility index (Phi) is 15.3. The van der Waals surface area contributed by atoms with Gasteiger partial charge in [0.1, 0.15) is 5.75 Å². The average molecular weight is 479 g/mol. The summed E-state index contributed by atoms with van der Waals surface area (Å²) in [4.78, 5) is 0.871. The van der Waals surface area contributed by atoms with Gasteiger partial charge in [-0.2, -0.15) is 0 Å². The van der Waals surface area contributed by atoms with E-state index in [-0.39, 0.29) is 0 Å². The average Bonchev–Trinajstić information content (AvgIpc) is 2.87. The summed E-state index contributed by atoms with van der Waals surface area (Å²) < 4.78 is 5.93. The Hall–Kier alpha value is -1.93. The first-order valence-corrected chi connectivity index (χ1v) is 14.2. The fourth-order valence-corrected chi connectivity index (χ4v) is 4.40. The van der Waals surface area contributed by atoms with Crippen LogP contribution in [-0.2, 0) is 6.42 Å². The Morgan fingerprint density at radius 3 is 1.79 bits per heavy atom. The lowest BCUT2D eigenvalue weighted by Gasteiger charge is -2.07. The minimum absolute atomic E-state index is 0.810. The minimum atomic E-state index is 0.810. The SMILES string of the molecule is CCCCCCCCCCCCCCOc1ccc(C=CC(=S)c2ccc(CCC)cc2)cc1. The molecule has 2 aromatic rings. The van der Waals surface area contributed by atoms with Gasteiger partial charge < -0.3 is 4.74 Å². The van der Waals surface area contributed by atoms with Crippen LogP contribution in [0, 0.1) is 0 Å². The Morgan fingerprint density at radius 2 is 1.24 bits per heavy atom. The second-order valence-corrected chi connectivity index (χ2v) is 9.89. The van der Waals surface area contributed by atoms with Crippen LogP contribution < -0.4 is 4.74 Å². The summed E-state index contributed by atoms with van der Waals surface area (Å²) in [5, 5.41) is 0. The third-order valence-electron chi connectivity index (χ3n) is 6.35. The third kappa shape index (κ3) is 12.5. The molecule has 0 aromatic heterocycles. The molecular formula is C32H46OS. The fourth-order valence-electron chi connectivity index (χ4n) is 4.20. The number of ether oxygens (including phenoxy) is 1. The summed E-state index contributed by atoms with van der Waals surface area (Å²) in [6.45, 7) is 5.30. The van der Waals surface area contributed by atoms with Gasteiger partial charge in [0.25, 0.3) is 0 Å². The quantitative estimate of drug-likeness (QED) is 0.0859. The molecule has 0 bridgehead atoms. The van der Waals surface area contributed by atoms with E-state index in [0.29, 0.717) is 0 Å². The van der Waals surface area contributed by atoms with E-state index in [2.05, 4.69) is 68.5 Å². The minimum Gasteiger partial charge on any atom is -0.494 e. The molecule has 0 radical (unpaired) electrons. The maximum absolute atomic E-state index is 5.93. The molecule has 2 rings (SSSR count). The number of rotatable bonds is 19. The molecule has 0 saturated carbocycles. The number of hydrogen-bond acceptors (Lipinski definition) is 2. The van der Waals surface area contributed by atoms with Crippen LogP contribution in [0.5, 0.6) is 5.75 Å². The van der Waals surface area contributed by atoms with E-state index < -0.39 is 0 Å². The summed E-state index contributed by atoms with van der Waals surface area (Å²) in [6.07, 6.45) is 22.8. The van der Waals surface area contributed by atoms with Crippen LogP contribution in [0.4, 0.5) is 0 Å². The van der Waals surface area contributed by atoms with Gasteiger partial charge in [0.15, 0.2) is 0 Å². The Bertz CT molecular complexity index is 804. The Morgan fingerprint density at radius 1 is 0.676 bits per heavy atom. The van der Waals surface area contributed by atoms with Crippen molar-refractivity contribution in [2.24, 2.45) is 0 Å². The van der Waals surface area contributed by atoms with Crippen LogP contribution in [0.15, 0.2) is 54.6 Å². The molecule has 2 heteroatoms. The zero-order valence-corrected chi connectivity index (χ0v) is 22.5. The van der Waals surface area contributed by atoms with Crippen molar-refractivity contribution in [1.29, 1.82) is 0 Å².